The van der Waals surface area contributed by atoms with E-state index in [2.05, 4.69) is 5.32 Å². The highest BCUT2D eigenvalue weighted by Gasteiger charge is 2.42. The average Bonchev–Trinajstić information content (AvgIpc) is 2.75. The Bertz CT molecular complexity index is 622. The molecule has 0 bridgehead atoms. The fraction of sp³-hybridized carbons (Fsp3) is 0.176. The molecule has 3 rings (SSSR count). The quantitative estimate of drug-likeness (QED) is 0.865. The number of rotatable bonds is 3. The molecule has 3 nitrogen and oxygen atoms in total. The van der Waals surface area contributed by atoms with Crippen molar-refractivity contribution in [3.63, 3.8) is 0 Å². The summed E-state index contributed by atoms with van der Waals surface area (Å²) in [6, 6.07) is 19.3. The zero-order valence-corrected chi connectivity index (χ0v) is 11.0. The summed E-state index contributed by atoms with van der Waals surface area (Å²) >= 11 is 0. The monoisotopic (exact) mass is 265 g/mol. The molecule has 1 aliphatic rings. The van der Waals surface area contributed by atoms with Gasteiger partial charge in [0.2, 0.25) is 11.8 Å². The molecule has 2 aromatic rings. The van der Waals surface area contributed by atoms with Crippen LogP contribution in [-0.2, 0) is 16.0 Å². The Balaban J connectivity index is 1.91. The van der Waals surface area contributed by atoms with Crippen LogP contribution in [-0.4, -0.2) is 11.8 Å². The molecule has 1 heterocycles. The molecule has 2 atom stereocenters. The van der Waals surface area contributed by atoms with E-state index in [9.17, 15) is 9.59 Å². The summed E-state index contributed by atoms with van der Waals surface area (Å²) < 4.78 is 0. The first-order valence-corrected chi connectivity index (χ1v) is 6.69. The summed E-state index contributed by atoms with van der Waals surface area (Å²) in [5.74, 6) is -1.08. The Labute approximate surface area is 117 Å². The van der Waals surface area contributed by atoms with Crippen molar-refractivity contribution in [1.82, 2.24) is 5.32 Å². The predicted molar refractivity (Wildman–Crippen MR) is 76.0 cm³/mol. The SMILES string of the molecule is O=C1NC(=O)[C@@H](c2ccccc2)[C@@H]1Cc1ccccc1. The molecule has 100 valence electrons. The third-order valence-electron chi connectivity index (χ3n) is 3.73. The molecule has 1 fully saturated rings. The Morgan fingerprint density at radius 1 is 0.800 bits per heavy atom. The van der Waals surface area contributed by atoms with E-state index in [1.165, 1.54) is 0 Å². The van der Waals surface area contributed by atoms with Crippen LogP contribution in [0.1, 0.15) is 17.0 Å². The molecule has 1 saturated heterocycles. The van der Waals surface area contributed by atoms with E-state index in [1.807, 2.05) is 60.7 Å². The molecule has 0 radical (unpaired) electrons. The highest BCUT2D eigenvalue weighted by Crippen LogP contribution is 2.32. The van der Waals surface area contributed by atoms with Gasteiger partial charge in [0.25, 0.3) is 0 Å². The van der Waals surface area contributed by atoms with Crippen molar-refractivity contribution < 1.29 is 9.59 Å². The van der Waals surface area contributed by atoms with Gasteiger partial charge in [0.1, 0.15) is 0 Å². The van der Waals surface area contributed by atoms with Crippen LogP contribution >= 0.6 is 0 Å². The molecule has 0 unspecified atom stereocenters. The number of imide groups is 1. The van der Waals surface area contributed by atoms with Crippen molar-refractivity contribution in [3.8, 4) is 0 Å². The van der Waals surface area contributed by atoms with Gasteiger partial charge in [-0.05, 0) is 17.5 Å². The van der Waals surface area contributed by atoms with Gasteiger partial charge >= 0.3 is 0 Å². The highest BCUT2D eigenvalue weighted by molar-refractivity contribution is 6.07. The number of carbonyl (C=O) groups is 2. The second kappa shape index (κ2) is 5.29. The van der Waals surface area contributed by atoms with Crippen LogP contribution in [0.4, 0.5) is 0 Å². The molecule has 3 heteroatoms. The maximum Gasteiger partial charge on any atom is 0.234 e. The Hall–Kier alpha value is -2.42. The van der Waals surface area contributed by atoms with Crippen LogP contribution < -0.4 is 5.32 Å². The fourth-order valence-electron chi connectivity index (χ4n) is 2.75. The summed E-state index contributed by atoms with van der Waals surface area (Å²) in [6.07, 6.45) is 0.581. The summed E-state index contributed by atoms with van der Waals surface area (Å²) in [5.41, 5.74) is 1.97. The first kappa shape index (κ1) is 12.6. The lowest BCUT2D eigenvalue weighted by Crippen LogP contribution is -2.22. The minimum absolute atomic E-state index is 0.173. The maximum atomic E-state index is 12.1. The van der Waals surface area contributed by atoms with Gasteiger partial charge in [-0.25, -0.2) is 0 Å². The van der Waals surface area contributed by atoms with Gasteiger partial charge in [0.05, 0.1) is 11.8 Å². The van der Waals surface area contributed by atoms with Crippen LogP contribution in [0.15, 0.2) is 60.7 Å². The van der Waals surface area contributed by atoms with Crippen molar-refractivity contribution >= 4 is 11.8 Å². The normalized spacial score (nSPS) is 21.8. The van der Waals surface area contributed by atoms with Gasteiger partial charge in [-0.1, -0.05) is 60.7 Å². The summed E-state index contributed by atoms with van der Waals surface area (Å²) in [5, 5.41) is 2.46. The lowest BCUT2D eigenvalue weighted by atomic mass is 9.84. The van der Waals surface area contributed by atoms with Crippen molar-refractivity contribution in [3.05, 3.63) is 71.8 Å². The van der Waals surface area contributed by atoms with Crippen molar-refractivity contribution in [2.45, 2.75) is 12.3 Å². The number of carbonyl (C=O) groups excluding carboxylic acids is 2. The first-order valence-electron chi connectivity index (χ1n) is 6.69. The fourth-order valence-corrected chi connectivity index (χ4v) is 2.75. The zero-order valence-electron chi connectivity index (χ0n) is 11.0. The summed E-state index contributed by atoms with van der Waals surface area (Å²) in [7, 11) is 0. The molecule has 2 aromatic carbocycles. The third-order valence-corrected chi connectivity index (χ3v) is 3.73. The average molecular weight is 265 g/mol. The van der Waals surface area contributed by atoms with Crippen LogP contribution in [0, 0.1) is 5.92 Å². The van der Waals surface area contributed by atoms with Gasteiger partial charge in [-0.2, -0.15) is 0 Å². The number of nitrogens with one attached hydrogen (secondary N) is 1. The molecular weight excluding hydrogens is 250 g/mol. The van der Waals surface area contributed by atoms with E-state index in [-0.39, 0.29) is 23.7 Å². The first-order chi connectivity index (χ1) is 9.75. The van der Waals surface area contributed by atoms with E-state index < -0.39 is 0 Å². The number of hydrogen-bond donors (Lipinski definition) is 1. The van der Waals surface area contributed by atoms with Gasteiger partial charge < -0.3 is 0 Å². The number of benzene rings is 2. The minimum Gasteiger partial charge on any atom is -0.296 e. The van der Waals surface area contributed by atoms with Crippen molar-refractivity contribution in [2.24, 2.45) is 5.92 Å². The number of amides is 2. The van der Waals surface area contributed by atoms with Gasteiger partial charge in [-0.3, -0.25) is 14.9 Å². The lowest BCUT2D eigenvalue weighted by molar-refractivity contribution is -0.125. The van der Waals surface area contributed by atoms with Gasteiger partial charge in [0.15, 0.2) is 0 Å². The second-order valence-corrected chi connectivity index (χ2v) is 5.04. The number of hydrogen-bond acceptors (Lipinski definition) is 2. The molecule has 2 amide bonds. The highest BCUT2D eigenvalue weighted by atomic mass is 16.2. The molecule has 0 aromatic heterocycles. The van der Waals surface area contributed by atoms with Crippen molar-refractivity contribution in [2.75, 3.05) is 0 Å². The van der Waals surface area contributed by atoms with Crippen LogP contribution in [0.25, 0.3) is 0 Å². The third kappa shape index (κ3) is 2.35. The molecule has 1 N–H and O–H groups in total. The van der Waals surface area contributed by atoms with Gasteiger partial charge in [-0.15, -0.1) is 0 Å². The largest absolute Gasteiger partial charge is 0.296 e. The summed E-state index contributed by atoms with van der Waals surface area (Å²) in [4.78, 5) is 24.1. The molecule has 1 aliphatic heterocycles. The molecular formula is C17H15NO2. The van der Waals surface area contributed by atoms with E-state index in [0.717, 1.165) is 11.1 Å². The molecule has 0 spiro atoms. The topological polar surface area (TPSA) is 46.2 Å². The molecule has 0 saturated carbocycles. The Morgan fingerprint density at radius 3 is 2.05 bits per heavy atom. The smallest absolute Gasteiger partial charge is 0.234 e. The zero-order chi connectivity index (χ0) is 13.9. The molecule has 20 heavy (non-hydrogen) atoms. The Morgan fingerprint density at radius 2 is 1.40 bits per heavy atom. The van der Waals surface area contributed by atoms with Crippen LogP contribution in [0.2, 0.25) is 0 Å². The van der Waals surface area contributed by atoms with Crippen LogP contribution in [0.3, 0.4) is 0 Å². The lowest BCUT2D eigenvalue weighted by Gasteiger charge is -2.15. The standard InChI is InChI=1S/C17H15NO2/c19-16-14(11-12-7-3-1-4-8-12)15(17(20)18-16)13-9-5-2-6-10-13/h1-10,14-15H,11H2,(H,18,19,20)/t14-,15-/m0/s1. The Kier molecular flexibility index (Phi) is 3.33. The van der Waals surface area contributed by atoms with E-state index >= 15 is 0 Å². The van der Waals surface area contributed by atoms with Gasteiger partial charge in [0, 0.05) is 0 Å². The van der Waals surface area contributed by atoms with E-state index in [4.69, 9.17) is 0 Å². The van der Waals surface area contributed by atoms with Crippen LogP contribution in [0.5, 0.6) is 0 Å². The summed E-state index contributed by atoms with van der Waals surface area (Å²) in [6.45, 7) is 0. The maximum absolute atomic E-state index is 12.1. The van der Waals surface area contributed by atoms with E-state index in [1.54, 1.807) is 0 Å². The predicted octanol–water partition coefficient (Wildman–Crippen LogP) is 2.29. The molecule has 0 aliphatic carbocycles. The van der Waals surface area contributed by atoms with Crippen molar-refractivity contribution in [1.29, 1.82) is 0 Å². The van der Waals surface area contributed by atoms with E-state index in [0.29, 0.717) is 6.42 Å². The second-order valence-electron chi connectivity index (χ2n) is 5.04. The minimum atomic E-state index is -0.385.